The molecule has 0 aliphatic carbocycles. The van der Waals surface area contributed by atoms with Crippen LogP contribution in [0.3, 0.4) is 0 Å². The molecule has 0 atom stereocenters. The second kappa shape index (κ2) is 1.66. The van der Waals surface area contributed by atoms with Crippen LogP contribution in [0.2, 0.25) is 0 Å². The zero-order valence-electron chi connectivity index (χ0n) is 5.07. The minimum Gasteiger partial charge on any atom is -0.380 e. The van der Waals surface area contributed by atoms with Crippen molar-refractivity contribution >= 4 is 23.7 Å². The summed E-state index contributed by atoms with van der Waals surface area (Å²) in [6, 6.07) is 0. The van der Waals surface area contributed by atoms with Crippen LogP contribution >= 0.6 is 0 Å². The van der Waals surface area contributed by atoms with E-state index in [0.29, 0.717) is 17.3 Å². The molecular weight excluding hydrogens is 130 g/mol. The van der Waals surface area contributed by atoms with Gasteiger partial charge < -0.3 is 5.73 Å². The molecule has 0 amide bonds. The van der Waals surface area contributed by atoms with Crippen molar-refractivity contribution in [2.45, 2.75) is 0 Å². The van der Waals surface area contributed by atoms with Crippen LogP contribution in [-0.2, 0) is 0 Å². The molecule has 0 saturated heterocycles. The second-order valence-corrected chi connectivity index (χ2v) is 1.86. The van der Waals surface area contributed by atoms with Gasteiger partial charge in [-0.05, 0) is 0 Å². The minimum atomic E-state index is 0.433. The van der Waals surface area contributed by atoms with E-state index in [9.17, 15) is 0 Å². The average molecular weight is 135 g/mol. The highest BCUT2D eigenvalue weighted by Crippen LogP contribution is 2.23. The van der Waals surface area contributed by atoms with Crippen molar-refractivity contribution < 1.29 is 0 Å². The standard InChI is InChI=1S/C5H5N5/c6-4-3-5(9-1-7-3)10-2-8-4/h1-2,7H,(H2,6,8,10)/q+1. The van der Waals surface area contributed by atoms with E-state index in [1.807, 2.05) is 0 Å². The number of nitrogens with two attached hydrogens (primary N) is 1. The van der Waals surface area contributed by atoms with Gasteiger partial charge in [-0.15, -0.1) is 0 Å². The minimum absolute atomic E-state index is 0.433. The summed E-state index contributed by atoms with van der Waals surface area (Å²) in [5.41, 5.74) is 6.18. The van der Waals surface area contributed by atoms with Crippen LogP contribution in [0.15, 0.2) is 6.33 Å². The zero-order chi connectivity index (χ0) is 6.97. The third-order valence-corrected chi connectivity index (χ3v) is 1.25. The Hall–Kier alpha value is -1.65. The molecule has 2 rings (SSSR count). The van der Waals surface area contributed by atoms with E-state index in [4.69, 9.17) is 5.73 Å². The number of nitrogens with zero attached hydrogens (tertiary/aromatic N) is 3. The number of rotatable bonds is 0. The lowest BCUT2D eigenvalue weighted by atomic mass is 10.4. The summed E-state index contributed by atoms with van der Waals surface area (Å²) < 4.78 is 0. The number of nitrogens with one attached hydrogen (secondary N) is 1. The molecule has 2 heterocycles. The normalized spacial score (nSPS) is 12.8. The van der Waals surface area contributed by atoms with Crippen LogP contribution in [0.25, 0.3) is 0 Å². The zero-order valence-corrected chi connectivity index (χ0v) is 5.07. The Kier molecular flexibility index (Phi) is 0.858. The van der Waals surface area contributed by atoms with Crippen LogP contribution in [0, 0.1) is 0 Å². The summed E-state index contributed by atoms with van der Waals surface area (Å²) in [5.74, 6) is 1.04. The second-order valence-electron chi connectivity index (χ2n) is 1.86. The van der Waals surface area contributed by atoms with Crippen molar-refractivity contribution in [1.82, 2.24) is 15.0 Å². The van der Waals surface area contributed by atoms with E-state index in [0.717, 1.165) is 0 Å². The number of anilines is 2. The highest BCUT2D eigenvalue weighted by Gasteiger charge is 2.19. The van der Waals surface area contributed by atoms with Gasteiger partial charge in [-0.3, -0.25) is 5.32 Å². The van der Waals surface area contributed by atoms with E-state index in [1.165, 1.54) is 12.7 Å². The number of aromatic nitrogens is 2. The van der Waals surface area contributed by atoms with Gasteiger partial charge in [0.05, 0.1) is 0 Å². The van der Waals surface area contributed by atoms with E-state index in [2.05, 4.69) is 20.3 Å². The lowest BCUT2D eigenvalue weighted by Gasteiger charge is -1.90. The first-order valence-electron chi connectivity index (χ1n) is 2.77. The molecule has 0 spiro atoms. The van der Waals surface area contributed by atoms with Crippen molar-refractivity contribution in [3.05, 3.63) is 6.33 Å². The summed E-state index contributed by atoms with van der Waals surface area (Å²) in [7, 11) is 0. The van der Waals surface area contributed by atoms with Crippen molar-refractivity contribution in [1.29, 1.82) is 0 Å². The molecule has 0 aromatic carbocycles. The summed E-state index contributed by atoms with van der Waals surface area (Å²) in [6.45, 7) is 0. The third kappa shape index (κ3) is 0.540. The first-order chi connectivity index (χ1) is 4.88. The smallest absolute Gasteiger partial charge is 0.341 e. The van der Waals surface area contributed by atoms with Gasteiger partial charge in [-0.25, -0.2) is 0 Å². The van der Waals surface area contributed by atoms with Gasteiger partial charge in [0.25, 0.3) is 0 Å². The lowest BCUT2D eigenvalue weighted by Crippen LogP contribution is -1.97. The molecule has 0 bridgehead atoms. The monoisotopic (exact) mass is 135 g/mol. The van der Waals surface area contributed by atoms with Crippen molar-refractivity contribution in [2.75, 3.05) is 11.1 Å². The number of hydrogen-bond acceptors (Lipinski definition) is 5. The Balaban J connectivity index is 2.66. The van der Waals surface area contributed by atoms with Gasteiger partial charge in [0.2, 0.25) is 12.0 Å². The molecule has 49 valence electrons. The predicted molar refractivity (Wildman–Crippen MR) is 37.9 cm³/mol. The first-order valence-corrected chi connectivity index (χ1v) is 2.77. The van der Waals surface area contributed by atoms with Crippen LogP contribution in [-0.4, -0.2) is 16.3 Å². The highest BCUT2D eigenvalue weighted by molar-refractivity contribution is 5.92. The fourth-order valence-corrected chi connectivity index (χ4v) is 0.784. The van der Waals surface area contributed by atoms with E-state index < -0.39 is 0 Å². The van der Waals surface area contributed by atoms with E-state index in [1.54, 1.807) is 0 Å². The van der Waals surface area contributed by atoms with Gasteiger partial charge in [0, 0.05) is 0 Å². The molecule has 1 aliphatic rings. The van der Waals surface area contributed by atoms with Crippen LogP contribution in [0.5, 0.6) is 0 Å². The quantitative estimate of drug-likeness (QED) is 0.501. The molecule has 5 nitrogen and oxygen atoms in total. The van der Waals surface area contributed by atoms with Crippen molar-refractivity contribution in [2.24, 2.45) is 0 Å². The molecule has 1 aliphatic heterocycles. The first kappa shape index (κ1) is 5.16. The molecule has 0 saturated carbocycles. The molecule has 1 aromatic heterocycles. The van der Waals surface area contributed by atoms with Crippen LogP contribution in [0.4, 0.5) is 17.3 Å². The summed E-state index contributed by atoms with van der Waals surface area (Å²) in [5, 5.41) is 2.83. The fraction of sp³-hybridized carbons (Fsp3) is 0. The SMILES string of the molecule is Nc1ncnc2c1NC=[N+]2. The Morgan fingerprint density at radius 2 is 2.40 bits per heavy atom. The summed E-state index contributed by atoms with van der Waals surface area (Å²) >= 11 is 0. The average Bonchev–Trinajstić information content (AvgIpc) is 2.36. The summed E-state index contributed by atoms with van der Waals surface area (Å²) in [4.78, 5) is 11.5. The van der Waals surface area contributed by atoms with E-state index >= 15 is 0 Å². The molecule has 1 aromatic rings. The van der Waals surface area contributed by atoms with E-state index in [-0.39, 0.29) is 0 Å². The molecular formula is C5H5N5+. The molecule has 0 fully saturated rings. The van der Waals surface area contributed by atoms with Crippen molar-refractivity contribution in [3.63, 3.8) is 0 Å². The number of hydrogen-bond donors (Lipinski definition) is 2. The number of fused-ring (bicyclic) bond motifs is 1. The maximum atomic E-state index is 5.48. The number of nitrogen functional groups attached to an aromatic ring is 1. The molecule has 5 heteroatoms. The largest absolute Gasteiger partial charge is 0.380 e. The van der Waals surface area contributed by atoms with Crippen LogP contribution < -0.4 is 16.0 Å². The predicted octanol–water partition coefficient (Wildman–Crippen LogP) is -0.520. The third-order valence-electron chi connectivity index (χ3n) is 1.25. The fourth-order valence-electron chi connectivity index (χ4n) is 0.784. The van der Waals surface area contributed by atoms with Crippen molar-refractivity contribution in [3.8, 4) is 0 Å². The molecule has 3 N–H and O–H groups in total. The maximum Gasteiger partial charge on any atom is 0.341 e. The van der Waals surface area contributed by atoms with Crippen LogP contribution in [0.1, 0.15) is 0 Å². The lowest BCUT2D eigenvalue weighted by molar-refractivity contribution is 1.15. The van der Waals surface area contributed by atoms with Gasteiger partial charge in [-0.1, -0.05) is 9.98 Å². The molecule has 0 unspecified atom stereocenters. The van der Waals surface area contributed by atoms with Gasteiger partial charge in [0.15, 0.2) is 12.1 Å². The highest BCUT2D eigenvalue weighted by atomic mass is 15.1. The Labute approximate surface area is 57.0 Å². The van der Waals surface area contributed by atoms with Gasteiger partial charge in [-0.2, -0.15) is 4.98 Å². The maximum absolute atomic E-state index is 5.48. The summed E-state index contributed by atoms with van der Waals surface area (Å²) in [6.07, 6.45) is 2.92. The number of aliphatic imine (C=N–C) groups is 1. The molecule has 10 heavy (non-hydrogen) atoms. The molecule has 1 radical (unpaired) electrons. The van der Waals surface area contributed by atoms with Gasteiger partial charge in [0.1, 0.15) is 0 Å². The van der Waals surface area contributed by atoms with Gasteiger partial charge >= 0.3 is 5.82 Å². The Morgan fingerprint density at radius 1 is 1.50 bits per heavy atom. The topological polar surface area (TPSA) is 77.9 Å². The Bertz CT molecular complexity index is 292. The Morgan fingerprint density at radius 3 is 3.20 bits per heavy atom.